The summed E-state index contributed by atoms with van der Waals surface area (Å²) in [7, 11) is 3.13. The number of hydrogen-bond donors (Lipinski definition) is 0. The first-order valence-electron chi connectivity index (χ1n) is 6.79. The van der Waals surface area contributed by atoms with Gasteiger partial charge < -0.3 is 9.47 Å². The van der Waals surface area contributed by atoms with E-state index in [1.165, 1.54) is 0 Å². The maximum Gasteiger partial charge on any atom is 0.164 e. The molecule has 0 N–H and O–H groups in total. The summed E-state index contributed by atoms with van der Waals surface area (Å²) < 4.78 is 10.6. The minimum atomic E-state index is -0.0444. The van der Waals surface area contributed by atoms with Gasteiger partial charge in [-0.15, -0.1) is 0 Å². The molecule has 2 aromatic rings. The van der Waals surface area contributed by atoms with E-state index in [9.17, 15) is 4.79 Å². The second-order valence-electron chi connectivity index (χ2n) is 5.15. The van der Waals surface area contributed by atoms with Crippen molar-refractivity contribution in [3.05, 3.63) is 57.1 Å². The maximum atomic E-state index is 12.3. The molecule has 3 nitrogen and oxygen atoms in total. The summed E-state index contributed by atoms with van der Waals surface area (Å²) in [5.41, 5.74) is 2.57. The monoisotopic (exact) mass is 336 g/mol. The van der Waals surface area contributed by atoms with Crippen LogP contribution in [0.5, 0.6) is 11.5 Å². The van der Waals surface area contributed by atoms with Crippen LogP contribution in [0.25, 0.3) is 0 Å². The van der Waals surface area contributed by atoms with E-state index in [-0.39, 0.29) is 11.7 Å². The van der Waals surface area contributed by atoms with Crippen molar-refractivity contribution in [1.29, 1.82) is 0 Å². The van der Waals surface area contributed by atoms with Crippen LogP contribution < -0.4 is 9.47 Å². The van der Waals surface area contributed by atoms with Crippen molar-refractivity contribution in [1.82, 2.24) is 0 Å². The molecule has 0 saturated heterocycles. The molecule has 0 unspecified atom stereocenters. The molecule has 0 radical (unpaired) electrons. The number of carbonyl (C=O) groups excluding carboxylic acids is 1. The van der Waals surface area contributed by atoms with E-state index < -0.39 is 0 Å². The lowest BCUT2D eigenvalue weighted by Crippen LogP contribution is -1.98. The lowest BCUT2D eigenvalue weighted by Gasteiger charge is -2.15. The predicted octanol–water partition coefficient (Wildman–Crippen LogP) is 4.73. The third kappa shape index (κ3) is 2.44. The SMILES string of the molecule is COc1cc2c(cc1OC)[C@H](c1ccc(Cl)c(Cl)c1)CC2=O. The minimum absolute atomic E-state index is 0.0444. The number of Topliss-reactive ketones (excluding diaryl/α,β-unsaturated/α-hetero) is 1. The van der Waals surface area contributed by atoms with Crippen molar-refractivity contribution in [2.75, 3.05) is 14.2 Å². The number of methoxy groups -OCH3 is 2. The third-order valence-electron chi connectivity index (χ3n) is 3.97. The Balaban J connectivity index is 2.12. The van der Waals surface area contributed by atoms with Crippen molar-refractivity contribution >= 4 is 29.0 Å². The molecule has 0 aromatic heterocycles. The Morgan fingerprint density at radius 3 is 2.32 bits per heavy atom. The molecule has 0 spiro atoms. The topological polar surface area (TPSA) is 35.5 Å². The van der Waals surface area contributed by atoms with Crippen LogP contribution in [0.3, 0.4) is 0 Å². The average Bonchev–Trinajstić information content (AvgIpc) is 2.85. The van der Waals surface area contributed by atoms with Crippen molar-refractivity contribution < 1.29 is 14.3 Å². The van der Waals surface area contributed by atoms with Gasteiger partial charge in [0.2, 0.25) is 0 Å². The molecule has 0 bridgehead atoms. The lowest BCUT2D eigenvalue weighted by molar-refractivity contribution is 0.0991. The van der Waals surface area contributed by atoms with E-state index in [4.69, 9.17) is 32.7 Å². The number of ether oxygens (including phenoxy) is 2. The fraction of sp³-hybridized carbons (Fsp3) is 0.235. The second-order valence-corrected chi connectivity index (χ2v) is 5.96. The molecule has 0 heterocycles. The van der Waals surface area contributed by atoms with E-state index in [0.717, 1.165) is 11.1 Å². The molecule has 0 aliphatic heterocycles. The Kier molecular flexibility index (Phi) is 4.02. The molecular formula is C17H14Cl2O3. The highest BCUT2D eigenvalue weighted by atomic mass is 35.5. The summed E-state index contributed by atoms with van der Waals surface area (Å²) in [6, 6.07) is 9.08. The smallest absolute Gasteiger partial charge is 0.164 e. The van der Waals surface area contributed by atoms with E-state index in [1.807, 2.05) is 18.2 Å². The number of carbonyl (C=O) groups is 1. The van der Waals surface area contributed by atoms with Crippen LogP contribution in [0.1, 0.15) is 33.8 Å². The average molecular weight is 337 g/mol. The standard InChI is InChI=1S/C17H14Cl2O3/c1-21-16-7-11-10(9-3-4-13(18)14(19)5-9)6-15(20)12(11)8-17(16)22-2/h3-5,7-8,10H,6H2,1-2H3/t10-/m0/s1. The van der Waals surface area contributed by atoms with Gasteiger partial charge in [-0.05, 0) is 35.4 Å². The van der Waals surface area contributed by atoms with Crippen LogP contribution in [0.2, 0.25) is 10.0 Å². The summed E-state index contributed by atoms with van der Waals surface area (Å²) in [5.74, 6) is 1.22. The van der Waals surface area contributed by atoms with Crippen molar-refractivity contribution in [3.63, 3.8) is 0 Å². The molecule has 1 aliphatic carbocycles. The maximum absolute atomic E-state index is 12.3. The molecule has 3 rings (SSSR count). The lowest BCUT2D eigenvalue weighted by atomic mass is 9.93. The molecule has 0 fully saturated rings. The third-order valence-corrected chi connectivity index (χ3v) is 4.71. The Bertz CT molecular complexity index is 756. The fourth-order valence-electron chi connectivity index (χ4n) is 2.86. The van der Waals surface area contributed by atoms with Crippen LogP contribution >= 0.6 is 23.2 Å². The molecule has 5 heteroatoms. The van der Waals surface area contributed by atoms with Gasteiger partial charge in [0.1, 0.15) is 0 Å². The van der Waals surface area contributed by atoms with Crippen LogP contribution in [0, 0.1) is 0 Å². The van der Waals surface area contributed by atoms with Crippen molar-refractivity contribution in [2.45, 2.75) is 12.3 Å². The summed E-state index contributed by atoms with van der Waals surface area (Å²) in [6.07, 6.45) is 0.406. The molecule has 2 aromatic carbocycles. The molecule has 1 aliphatic rings. The molecular weight excluding hydrogens is 323 g/mol. The second kappa shape index (κ2) is 5.82. The minimum Gasteiger partial charge on any atom is -0.493 e. The van der Waals surface area contributed by atoms with Gasteiger partial charge >= 0.3 is 0 Å². The number of hydrogen-bond acceptors (Lipinski definition) is 3. The summed E-state index contributed by atoms with van der Waals surface area (Å²) in [5, 5.41) is 0.989. The van der Waals surface area contributed by atoms with Gasteiger partial charge in [0.05, 0.1) is 24.3 Å². The van der Waals surface area contributed by atoms with Gasteiger partial charge in [-0.2, -0.15) is 0 Å². The number of benzene rings is 2. The number of ketones is 1. The van der Waals surface area contributed by atoms with Gasteiger partial charge in [0.25, 0.3) is 0 Å². The normalized spacial score (nSPS) is 16.5. The molecule has 114 valence electrons. The number of fused-ring (bicyclic) bond motifs is 1. The summed E-state index contributed by atoms with van der Waals surface area (Å²) in [4.78, 5) is 12.3. The highest BCUT2D eigenvalue weighted by Crippen LogP contribution is 2.44. The van der Waals surface area contributed by atoms with Gasteiger partial charge in [-0.3, -0.25) is 4.79 Å². The first-order chi connectivity index (χ1) is 10.5. The first-order valence-corrected chi connectivity index (χ1v) is 7.54. The number of rotatable bonds is 3. The first kappa shape index (κ1) is 15.2. The zero-order chi connectivity index (χ0) is 15.9. The molecule has 0 saturated carbocycles. The molecule has 0 amide bonds. The zero-order valence-electron chi connectivity index (χ0n) is 12.2. The van der Waals surface area contributed by atoms with Gasteiger partial charge in [0, 0.05) is 17.9 Å². The van der Waals surface area contributed by atoms with Crippen molar-refractivity contribution in [3.8, 4) is 11.5 Å². The Morgan fingerprint density at radius 1 is 1.00 bits per heavy atom. The Hall–Kier alpha value is -1.71. The van der Waals surface area contributed by atoms with E-state index in [1.54, 1.807) is 26.4 Å². The quantitative estimate of drug-likeness (QED) is 0.812. The Morgan fingerprint density at radius 2 is 1.68 bits per heavy atom. The fourth-order valence-corrected chi connectivity index (χ4v) is 3.16. The van der Waals surface area contributed by atoms with Crippen molar-refractivity contribution in [2.24, 2.45) is 0 Å². The highest BCUT2D eigenvalue weighted by molar-refractivity contribution is 6.42. The summed E-state index contributed by atoms with van der Waals surface area (Å²) in [6.45, 7) is 0. The van der Waals surface area contributed by atoms with Gasteiger partial charge in [0.15, 0.2) is 17.3 Å². The van der Waals surface area contributed by atoms with E-state index in [0.29, 0.717) is 33.5 Å². The van der Waals surface area contributed by atoms with Gasteiger partial charge in [-0.25, -0.2) is 0 Å². The molecule has 22 heavy (non-hydrogen) atoms. The van der Waals surface area contributed by atoms with E-state index in [2.05, 4.69) is 0 Å². The summed E-state index contributed by atoms with van der Waals surface area (Å²) >= 11 is 12.1. The largest absolute Gasteiger partial charge is 0.493 e. The zero-order valence-corrected chi connectivity index (χ0v) is 13.7. The van der Waals surface area contributed by atoms with E-state index >= 15 is 0 Å². The van der Waals surface area contributed by atoms with Crippen LogP contribution in [0.4, 0.5) is 0 Å². The number of halogens is 2. The molecule has 1 atom stereocenters. The van der Waals surface area contributed by atoms with Crippen LogP contribution in [-0.2, 0) is 0 Å². The van der Waals surface area contributed by atoms with Gasteiger partial charge in [-0.1, -0.05) is 29.3 Å². The van der Waals surface area contributed by atoms with Crippen LogP contribution in [0.15, 0.2) is 30.3 Å². The predicted molar refractivity (Wildman–Crippen MR) is 86.8 cm³/mol. The Labute approximate surface area is 138 Å². The van der Waals surface area contributed by atoms with Crippen LogP contribution in [-0.4, -0.2) is 20.0 Å². The highest BCUT2D eigenvalue weighted by Gasteiger charge is 2.32.